The first kappa shape index (κ1) is 12.2. The van der Waals surface area contributed by atoms with Gasteiger partial charge in [0.2, 0.25) is 0 Å². The molecule has 0 aliphatic heterocycles. The molecule has 0 radical (unpaired) electrons. The van der Waals surface area contributed by atoms with E-state index >= 15 is 0 Å². The summed E-state index contributed by atoms with van der Waals surface area (Å²) in [6, 6.07) is 8.24. The number of nitrogens with two attached hydrogens (primary N) is 1. The first-order valence-electron chi connectivity index (χ1n) is 5.42. The molecule has 0 saturated carbocycles. The van der Waals surface area contributed by atoms with Gasteiger partial charge >= 0.3 is 0 Å². The lowest BCUT2D eigenvalue weighted by atomic mass is 9.79. The van der Waals surface area contributed by atoms with Crippen molar-refractivity contribution in [2.24, 2.45) is 5.73 Å². The Bertz CT molecular complexity index is 315. The fourth-order valence-corrected chi connectivity index (χ4v) is 2.04. The van der Waals surface area contributed by atoms with Gasteiger partial charge in [0, 0.05) is 18.1 Å². The van der Waals surface area contributed by atoms with Crippen molar-refractivity contribution in [3.8, 4) is 0 Å². The van der Waals surface area contributed by atoms with Crippen LogP contribution in [0.3, 0.4) is 0 Å². The van der Waals surface area contributed by atoms with Crippen molar-refractivity contribution in [3.05, 3.63) is 35.4 Å². The van der Waals surface area contributed by atoms with E-state index in [1.54, 1.807) is 0 Å². The lowest BCUT2D eigenvalue weighted by molar-refractivity contribution is 0.250. The molecule has 1 atom stereocenters. The number of hydrogen-bond acceptors (Lipinski definition) is 2. The van der Waals surface area contributed by atoms with E-state index in [4.69, 9.17) is 10.8 Å². The zero-order valence-corrected chi connectivity index (χ0v) is 9.83. The summed E-state index contributed by atoms with van der Waals surface area (Å²) in [5.74, 6) is 0.212. The summed E-state index contributed by atoms with van der Waals surface area (Å²) in [6.07, 6.45) is 0.717. The maximum absolute atomic E-state index is 9.10. The Morgan fingerprint density at radius 2 is 1.93 bits per heavy atom. The number of benzene rings is 1. The average Bonchev–Trinajstić information content (AvgIpc) is 2.14. The fourth-order valence-electron chi connectivity index (χ4n) is 2.04. The first-order valence-corrected chi connectivity index (χ1v) is 5.42. The SMILES string of the molecule is Cc1ccccc1C(CCO)C(C)(C)N. The van der Waals surface area contributed by atoms with Crippen LogP contribution in [-0.4, -0.2) is 17.3 Å². The molecule has 2 heteroatoms. The molecule has 2 nitrogen and oxygen atoms in total. The lowest BCUT2D eigenvalue weighted by Gasteiger charge is -2.31. The number of aliphatic hydroxyl groups is 1. The van der Waals surface area contributed by atoms with E-state index < -0.39 is 0 Å². The molecule has 0 aromatic heterocycles. The molecule has 0 spiro atoms. The van der Waals surface area contributed by atoms with Crippen LogP contribution in [0, 0.1) is 6.92 Å². The van der Waals surface area contributed by atoms with E-state index in [0.717, 1.165) is 0 Å². The van der Waals surface area contributed by atoms with Gasteiger partial charge < -0.3 is 10.8 Å². The first-order chi connectivity index (χ1) is 6.96. The fraction of sp³-hybridized carbons (Fsp3) is 0.538. The number of hydrogen-bond donors (Lipinski definition) is 2. The Labute approximate surface area is 92.1 Å². The van der Waals surface area contributed by atoms with Gasteiger partial charge in [0.25, 0.3) is 0 Å². The van der Waals surface area contributed by atoms with Crippen molar-refractivity contribution in [2.45, 2.75) is 38.6 Å². The monoisotopic (exact) mass is 207 g/mol. The molecule has 1 unspecified atom stereocenters. The highest BCUT2D eigenvalue weighted by atomic mass is 16.3. The molecular weight excluding hydrogens is 186 g/mol. The molecule has 0 heterocycles. The highest BCUT2D eigenvalue weighted by Gasteiger charge is 2.26. The molecule has 0 amide bonds. The van der Waals surface area contributed by atoms with E-state index in [1.165, 1.54) is 11.1 Å². The third-order valence-electron chi connectivity index (χ3n) is 2.88. The Hall–Kier alpha value is -0.860. The molecule has 0 aliphatic rings. The topological polar surface area (TPSA) is 46.2 Å². The number of aryl methyl sites for hydroxylation is 1. The minimum atomic E-state index is -0.297. The summed E-state index contributed by atoms with van der Waals surface area (Å²) in [4.78, 5) is 0. The molecule has 0 aliphatic carbocycles. The van der Waals surface area contributed by atoms with Crippen molar-refractivity contribution < 1.29 is 5.11 Å². The average molecular weight is 207 g/mol. The largest absolute Gasteiger partial charge is 0.396 e. The molecule has 0 bridgehead atoms. The van der Waals surface area contributed by atoms with Crippen LogP contribution in [-0.2, 0) is 0 Å². The zero-order valence-electron chi connectivity index (χ0n) is 9.83. The van der Waals surface area contributed by atoms with Gasteiger partial charge in [-0.15, -0.1) is 0 Å². The Kier molecular flexibility index (Phi) is 3.89. The quantitative estimate of drug-likeness (QED) is 0.795. The van der Waals surface area contributed by atoms with Crippen molar-refractivity contribution in [2.75, 3.05) is 6.61 Å². The smallest absolute Gasteiger partial charge is 0.0437 e. The van der Waals surface area contributed by atoms with Crippen molar-refractivity contribution in [1.82, 2.24) is 0 Å². The second-order valence-electron chi connectivity index (χ2n) is 4.74. The normalized spacial score (nSPS) is 13.9. The van der Waals surface area contributed by atoms with Crippen molar-refractivity contribution >= 4 is 0 Å². The molecule has 0 saturated heterocycles. The Morgan fingerprint density at radius 1 is 1.33 bits per heavy atom. The molecular formula is C13H21NO. The number of rotatable bonds is 4. The minimum Gasteiger partial charge on any atom is -0.396 e. The molecule has 1 aromatic carbocycles. The molecule has 0 fully saturated rings. The van der Waals surface area contributed by atoms with Crippen LogP contribution in [0.1, 0.15) is 37.3 Å². The van der Waals surface area contributed by atoms with Crippen LogP contribution in [0.5, 0.6) is 0 Å². The predicted octanol–water partition coefficient (Wildman–Crippen LogP) is 2.20. The van der Waals surface area contributed by atoms with Crippen LogP contribution in [0.15, 0.2) is 24.3 Å². The van der Waals surface area contributed by atoms with E-state index in [9.17, 15) is 0 Å². The molecule has 1 aromatic rings. The van der Waals surface area contributed by atoms with Gasteiger partial charge in [-0.3, -0.25) is 0 Å². The summed E-state index contributed by atoms with van der Waals surface area (Å²) in [5, 5.41) is 9.10. The van der Waals surface area contributed by atoms with Crippen LogP contribution in [0.25, 0.3) is 0 Å². The minimum absolute atomic E-state index is 0.180. The van der Waals surface area contributed by atoms with E-state index in [2.05, 4.69) is 19.1 Å². The second kappa shape index (κ2) is 4.77. The summed E-state index contributed by atoms with van der Waals surface area (Å²) >= 11 is 0. The Morgan fingerprint density at radius 3 is 2.40 bits per heavy atom. The van der Waals surface area contributed by atoms with Gasteiger partial charge in [-0.2, -0.15) is 0 Å². The van der Waals surface area contributed by atoms with Crippen molar-refractivity contribution in [1.29, 1.82) is 0 Å². The van der Waals surface area contributed by atoms with Crippen molar-refractivity contribution in [3.63, 3.8) is 0 Å². The van der Waals surface area contributed by atoms with E-state index in [1.807, 2.05) is 26.0 Å². The molecule has 15 heavy (non-hydrogen) atoms. The third-order valence-corrected chi connectivity index (χ3v) is 2.88. The highest BCUT2D eigenvalue weighted by Crippen LogP contribution is 2.31. The predicted molar refractivity (Wildman–Crippen MR) is 63.9 cm³/mol. The second-order valence-corrected chi connectivity index (χ2v) is 4.74. The van der Waals surface area contributed by atoms with Crippen LogP contribution >= 0.6 is 0 Å². The van der Waals surface area contributed by atoms with Crippen LogP contribution < -0.4 is 5.73 Å². The summed E-state index contributed by atoms with van der Waals surface area (Å²) < 4.78 is 0. The van der Waals surface area contributed by atoms with Gasteiger partial charge in [-0.05, 0) is 38.3 Å². The van der Waals surface area contributed by atoms with E-state index in [0.29, 0.717) is 6.42 Å². The summed E-state index contributed by atoms with van der Waals surface area (Å²) in [6.45, 7) is 6.30. The molecule has 84 valence electrons. The third kappa shape index (κ3) is 3.05. The summed E-state index contributed by atoms with van der Waals surface area (Å²) in [5.41, 5.74) is 8.35. The van der Waals surface area contributed by atoms with Gasteiger partial charge in [0.05, 0.1) is 0 Å². The zero-order chi connectivity index (χ0) is 11.5. The van der Waals surface area contributed by atoms with Crippen LogP contribution in [0.4, 0.5) is 0 Å². The van der Waals surface area contributed by atoms with Gasteiger partial charge in [0.1, 0.15) is 0 Å². The summed E-state index contributed by atoms with van der Waals surface area (Å²) in [7, 11) is 0. The standard InChI is InChI=1S/C13H21NO/c1-10-6-4-5-7-11(10)12(8-9-15)13(2,3)14/h4-7,12,15H,8-9,14H2,1-3H3. The molecule has 3 N–H and O–H groups in total. The van der Waals surface area contributed by atoms with E-state index in [-0.39, 0.29) is 18.1 Å². The Balaban J connectivity index is 3.05. The van der Waals surface area contributed by atoms with Gasteiger partial charge in [-0.1, -0.05) is 24.3 Å². The van der Waals surface area contributed by atoms with Gasteiger partial charge in [-0.25, -0.2) is 0 Å². The lowest BCUT2D eigenvalue weighted by Crippen LogP contribution is -2.40. The molecule has 1 rings (SSSR count). The maximum Gasteiger partial charge on any atom is 0.0437 e. The van der Waals surface area contributed by atoms with Gasteiger partial charge in [0.15, 0.2) is 0 Å². The number of aliphatic hydroxyl groups excluding tert-OH is 1. The highest BCUT2D eigenvalue weighted by molar-refractivity contribution is 5.31. The van der Waals surface area contributed by atoms with Crippen LogP contribution in [0.2, 0.25) is 0 Å². The maximum atomic E-state index is 9.10.